The third-order valence-corrected chi connectivity index (χ3v) is 3.84. The molecule has 2 aromatic carbocycles. The molecular formula is C18H14ClN5. The number of halogens is 1. The lowest BCUT2D eigenvalue weighted by Crippen LogP contribution is -2.02. The van der Waals surface area contributed by atoms with Crippen LogP contribution in [0.5, 0.6) is 0 Å². The monoisotopic (exact) mass is 335 g/mol. The van der Waals surface area contributed by atoms with E-state index in [1.54, 1.807) is 4.52 Å². The predicted molar refractivity (Wildman–Crippen MR) is 95.7 cm³/mol. The van der Waals surface area contributed by atoms with Crippen LogP contribution in [0, 0.1) is 6.92 Å². The van der Waals surface area contributed by atoms with Crippen LogP contribution in [0.4, 0.5) is 11.5 Å². The molecule has 4 aromatic rings. The van der Waals surface area contributed by atoms with E-state index in [1.165, 1.54) is 0 Å². The fourth-order valence-electron chi connectivity index (χ4n) is 2.47. The van der Waals surface area contributed by atoms with Crippen molar-refractivity contribution in [2.75, 3.05) is 5.32 Å². The zero-order valence-electron chi connectivity index (χ0n) is 12.9. The summed E-state index contributed by atoms with van der Waals surface area (Å²) >= 11 is 5.94. The molecule has 0 unspecified atom stereocenters. The molecule has 2 heterocycles. The van der Waals surface area contributed by atoms with Gasteiger partial charge in [-0.2, -0.15) is 9.50 Å². The minimum absolute atomic E-state index is 0.560. The maximum absolute atomic E-state index is 5.94. The first-order valence-electron chi connectivity index (χ1n) is 7.51. The zero-order valence-corrected chi connectivity index (χ0v) is 13.7. The lowest BCUT2D eigenvalue weighted by atomic mass is 10.2. The molecule has 0 fully saturated rings. The Morgan fingerprint density at radius 2 is 1.71 bits per heavy atom. The smallest absolute Gasteiger partial charge is 0.254 e. The molecule has 0 atom stereocenters. The molecule has 0 radical (unpaired) electrons. The van der Waals surface area contributed by atoms with Crippen LogP contribution in [0.25, 0.3) is 17.2 Å². The van der Waals surface area contributed by atoms with E-state index in [-0.39, 0.29) is 0 Å². The highest BCUT2D eigenvalue weighted by atomic mass is 35.5. The number of nitrogens with zero attached hydrogens (tertiary/aromatic N) is 4. The summed E-state index contributed by atoms with van der Waals surface area (Å²) in [7, 11) is 0. The molecule has 0 bridgehead atoms. The predicted octanol–water partition coefficient (Wildman–Crippen LogP) is 4.50. The van der Waals surface area contributed by atoms with Crippen molar-refractivity contribution in [1.82, 2.24) is 19.6 Å². The highest BCUT2D eigenvalue weighted by molar-refractivity contribution is 6.30. The van der Waals surface area contributed by atoms with Gasteiger partial charge in [0.05, 0.1) is 0 Å². The summed E-state index contributed by atoms with van der Waals surface area (Å²) < 4.78 is 1.71. The molecule has 0 amide bonds. The normalized spacial score (nSPS) is 10.9. The van der Waals surface area contributed by atoms with E-state index in [4.69, 9.17) is 11.6 Å². The molecule has 4 rings (SSSR count). The van der Waals surface area contributed by atoms with Gasteiger partial charge in [0.2, 0.25) is 0 Å². The van der Waals surface area contributed by atoms with Gasteiger partial charge in [-0.1, -0.05) is 41.9 Å². The first kappa shape index (κ1) is 14.7. The number of anilines is 2. The Hall–Kier alpha value is -2.92. The standard InChI is InChI=1S/C18H14ClN5/c1-12-11-16(21-15-9-7-14(19)8-10-15)24-18(20-12)22-17(23-24)13-5-3-2-4-6-13/h2-11,21H,1H3. The number of fused-ring (bicyclic) bond motifs is 1. The molecule has 118 valence electrons. The molecular weight excluding hydrogens is 322 g/mol. The molecule has 0 saturated heterocycles. The topological polar surface area (TPSA) is 55.1 Å². The molecule has 0 aliphatic rings. The number of rotatable bonds is 3. The number of benzene rings is 2. The first-order chi connectivity index (χ1) is 11.7. The molecule has 0 aliphatic carbocycles. The van der Waals surface area contributed by atoms with Gasteiger partial charge >= 0.3 is 0 Å². The molecule has 24 heavy (non-hydrogen) atoms. The molecule has 0 spiro atoms. The van der Waals surface area contributed by atoms with Crippen molar-refractivity contribution < 1.29 is 0 Å². The van der Waals surface area contributed by atoms with Crippen LogP contribution >= 0.6 is 11.6 Å². The maximum Gasteiger partial charge on any atom is 0.254 e. The van der Waals surface area contributed by atoms with Crippen molar-refractivity contribution in [1.29, 1.82) is 0 Å². The molecule has 0 aliphatic heterocycles. The van der Waals surface area contributed by atoms with E-state index in [0.29, 0.717) is 16.6 Å². The summed E-state index contributed by atoms with van der Waals surface area (Å²) in [5.74, 6) is 2.01. The third kappa shape index (κ3) is 2.81. The van der Waals surface area contributed by atoms with Crippen LogP contribution in [0.3, 0.4) is 0 Å². The van der Waals surface area contributed by atoms with Crippen molar-refractivity contribution in [3.63, 3.8) is 0 Å². The molecule has 2 aromatic heterocycles. The zero-order chi connectivity index (χ0) is 16.5. The average Bonchev–Trinajstić information content (AvgIpc) is 3.02. The Morgan fingerprint density at radius 1 is 0.958 bits per heavy atom. The Bertz CT molecular complexity index is 993. The van der Waals surface area contributed by atoms with Crippen molar-refractivity contribution in [3.05, 3.63) is 71.4 Å². The molecule has 5 nitrogen and oxygen atoms in total. The van der Waals surface area contributed by atoms with Gasteiger partial charge in [0, 0.05) is 28.0 Å². The summed E-state index contributed by atoms with van der Waals surface area (Å²) in [4.78, 5) is 9.01. The SMILES string of the molecule is Cc1cc(Nc2ccc(Cl)cc2)n2nc(-c3ccccc3)nc2n1. The van der Waals surface area contributed by atoms with E-state index < -0.39 is 0 Å². The molecule has 6 heteroatoms. The fraction of sp³-hybridized carbons (Fsp3) is 0.0556. The minimum atomic E-state index is 0.560. The Kier molecular flexibility index (Phi) is 3.63. The van der Waals surface area contributed by atoms with Gasteiger partial charge in [0.1, 0.15) is 5.82 Å². The second-order valence-corrected chi connectivity index (χ2v) is 5.86. The second-order valence-electron chi connectivity index (χ2n) is 5.43. The van der Waals surface area contributed by atoms with Crippen LogP contribution in [-0.2, 0) is 0 Å². The third-order valence-electron chi connectivity index (χ3n) is 3.59. The van der Waals surface area contributed by atoms with Crippen molar-refractivity contribution >= 4 is 28.9 Å². The van der Waals surface area contributed by atoms with Crippen LogP contribution in [0.2, 0.25) is 5.02 Å². The van der Waals surface area contributed by atoms with E-state index in [9.17, 15) is 0 Å². The number of hydrogen-bond acceptors (Lipinski definition) is 4. The average molecular weight is 336 g/mol. The quantitative estimate of drug-likeness (QED) is 0.599. The largest absolute Gasteiger partial charge is 0.340 e. The lowest BCUT2D eigenvalue weighted by Gasteiger charge is -2.08. The van der Waals surface area contributed by atoms with Gasteiger partial charge < -0.3 is 5.32 Å². The van der Waals surface area contributed by atoms with E-state index in [1.807, 2.05) is 67.6 Å². The van der Waals surface area contributed by atoms with Gasteiger partial charge in [-0.15, -0.1) is 5.10 Å². The number of aryl methyl sites for hydroxylation is 1. The van der Waals surface area contributed by atoms with Crippen LogP contribution in [0.1, 0.15) is 5.69 Å². The van der Waals surface area contributed by atoms with E-state index in [0.717, 1.165) is 22.8 Å². The number of hydrogen-bond donors (Lipinski definition) is 1. The lowest BCUT2D eigenvalue weighted by molar-refractivity contribution is 0.940. The number of aromatic nitrogens is 4. The minimum Gasteiger partial charge on any atom is -0.340 e. The van der Waals surface area contributed by atoms with Crippen molar-refractivity contribution in [2.45, 2.75) is 6.92 Å². The van der Waals surface area contributed by atoms with E-state index >= 15 is 0 Å². The van der Waals surface area contributed by atoms with E-state index in [2.05, 4.69) is 20.4 Å². The highest BCUT2D eigenvalue weighted by Crippen LogP contribution is 2.22. The fourth-order valence-corrected chi connectivity index (χ4v) is 2.59. The van der Waals surface area contributed by atoms with Gasteiger partial charge in [-0.3, -0.25) is 0 Å². The summed E-state index contributed by atoms with van der Waals surface area (Å²) in [6.45, 7) is 1.93. The Balaban J connectivity index is 1.80. The van der Waals surface area contributed by atoms with Gasteiger partial charge in [-0.25, -0.2) is 4.98 Å². The summed E-state index contributed by atoms with van der Waals surface area (Å²) in [5, 5.41) is 8.63. The first-order valence-corrected chi connectivity index (χ1v) is 7.89. The molecule has 1 N–H and O–H groups in total. The maximum atomic E-state index is 5.94. The van der Waals surface area contributed by atoms with Crippen LogP contribution in [-0.4, -0.2) is 19.6 Å². The highest BCUT2D eigenvalue weighted by Gasteiger charge is 2.11. The Labute approximate surface area is 144 Å². The summed E-state index contributed by atoms with van der Waals surface area (Å²) in [6.07, 6.45) is 0. The van der Waals surface area contributed by atoms with Crippen LogP contribution in [0.15, 0.2) is 60.7 Å². The van der Waals surface area contributed by atoms with Crippen molar-refractivity contribution in [3.8, 4) is 11.4 Å². The van der Waals surface area contributed by atoms with Gasteiger partial charge in [-0.05, 0) is 31.2 Å². The number of nitrogens with one attached hydrogen (secondary N) is 1. The van der Waals surface area contributed by atoms with Gasteiger partial charge in [0.25, 0.3) is 5.78 Å². The second kappa shape index (κ2) is 5.94. The summed E-state index contributed by atoms with van der Waals surface area (Å²) in [5.41, 5.74) is 2.74. The van der Waals surface area contributed by atoms with Gasteiger partial charge in [0.15, 0.2) is 5.82 Å². The molecule has 0 saturated carbocycles. The summed E-state index contributed by atoms with van der Waals surface area (Å²) in [6, 6.07) is 19.3. The van der Waals surface area contributed by atoms with Crippen molar-refractivity contribution in [2.24, 2.45) is 0 Å². The van der Waals surface area contributed by atoms with Crippen LogP contribution < -0.4 is 5.32 Å². The Morgan fingerprint density at radius 3 is 2.46 bits per heavy atom.